The van der Waals surface area contributed by atoms with Gasteiger partial charge in [0.1, 0.15) is 5.83 Å². The SMILES string of the molecule is COCC1=CC=C(/C(C)=C(/C(F)=C(\C)CCCCCNC=O)c2ccc(C#N)cc2)CC1. The van der Waals surface area contributed by atoms with Crippen molar-refractivity contribution in [2.45, 2.75) is 52.4 Å². The number of carbonyl (C=O) groups excluding carboxylic acids is 1. The van der Waals surface area contributed by atoms with Gasteiger partial charge in [-0.15, -0.1) is 0 Å². The van der Waals surface area contributed by atoms with E-state index in [1.165, 1.54) is 5.57 Å². The molecule has 0 spiro atoms. The second-order valence-electron chi connectivity index (χ2n) is 8.12. The maximum atomic E-state index is 15.8. The molecular weight excluding hydrogens is 403 g/mol. The summed E-state index contributed by atoms with van der Waals surface area (Å²) < 4.78 is 21.0. The summed E-state index contributed by atoms with van der Waals surface area (Å²) >= 11 is 0. The molecule has 0 aliphatic heterocycles. The van der Waals surface area contributed by atoms with Crippen LogP contribution >= 0.6 is 0 Å². The van der Waals surface area contributed by atoms with Crippen molar-refractivity contribution in [3.63, 3.8) is 0 Å². The number of nitrogens with one attached hydrogen (secondary N) is 1. The highest BCUT2D eigenvalue weighted by Crippen LogP contribution is 2.36. The van der Waals surface area contributed by atoms with E-state index in [4.69, 9.17) is 10.00 Å². The Balaban J connectivity index is 2.34. The summed E-state index contributed by atoms with van der Waals surface area (Å²) in [5.41, 5.74) is 5.94. The average molecular weight is 437 g/mol. The van der Waals surface area contributed by atoms with Gasteiger partial charge < -0.3 is 10.1 Å². The Labute approximate surface area is 191 Å². The first-order chi connectivity index (χ1) is 15.5. The number of hydrogen-bond acceptors (Lipinski definition) is 3. The van der Waals surface area contributed by atoms with E-state index in [-0.39, 0.29) is 5.83 Å². The van der Waals surface area contributed by atoms with E-state index in [2.05, 4.69) is 23.5 Å². The number of rotatable bonds is 12. The lowest BCUT2D eigenvalue weighted by atomic mass is 9.87. The minimum atomic E-state index is -0.189. The van der Waals surface area contributed by atoms with E-state index >= 15 is 4.39 Å². The van der Waals surface area contributed by atoms with Gasteiger partial charge in [-0.2, -0.15) is 5.26 Å². The molecule has 0 unspecified atom stereocenters. The molecule has 1 aromatic carbocycles. The van der Waals surface area contributed by atoms with Crippen LogP contribution in [0.5, 0.6) is 0 Å². The molecule has 0 saturated carbocycles. The Morgan fingerprint density at radius 1 is 1.16 bits per heavy atom. The fraction of sp³-hybridized carbons (Fsp3) is 0.407. The van der Waals surface area contributed by atoms with Gasteiger partial charge in [0, 0.05) is 19.2 Å². The molecule has 32 heavy (non-hydrogen) atoms. The highest BCUT2D eigenvalue weighted by molar-refractivity contribution is 5.83. The molecule has 0 saturated heterocycles. The van der Waals surface area contributed by atoms with Crippen molar-refractivity contribution in [1.29, 1.82) is 5.26 Å². The summed E-state index contributed by atoms with van der Waals surface area (Å²) in [5.74, 6) is -0.189. The van der Waals surface area contributed by atoms with Crippen molar-refractivity contribution >= 4 is 12.0 Å². The van der Waals surface area contributed by atoms with Gasteiger partial charge in [-0.1, -0.05) is 30.7 Å². The van der Waals surface area contributed by atoms with Gasteiger partial charge in [0.15, 0.2) is 0 Å². The van der Waals surface area contributed by atoms with Gasteiger partial charge in [-0.05, 0) is 85.9 Å². The van der Waals surface area contributed by atoms with Crippen molar-refractivity contribution < 1.29 is 13.9 Å². The Morgan fingerprint density at radius 2 is 1.91 bits per heavy atom. The number of ether oxygens (including phenoxy) is 1. The molecule has 0 heterocycles. The monoisotopic (exact) mass is 436 g/mol. The molecule has 1 aliphatic rings. The minimum Gasteiger partial charge on any atom is -0.380 e. The third-order valence-electron chi connectivity index (χ3n) is 5.78. The van der Waals surface area contributed by atoms with Gasteiger partial charge >= 0.3 is 0 Å². The molecule has 0 atom stereocenters. The number of nitrogens with zero attached hydrogens (tertiary/aromatic N) is 1. The maximum Gasteiger partial charge on any atom is 0.207 e. The van der Waals surface area contributed by atoms with Gasteiger partial charge in [-0.25, -0.2) is 4.39 Å². The first kappa shape index (κ1) is 25.3. The largest absolute Gasteiger partial charge is 0.380 e. The van der Waals surface area contributed by atoms with E-state index < -0.39 is 0 Å². The third-order valence-corrected chi connectivity index (χ3v) is 5.78. The zero-order valence-corrected chi connectivity index (χ0v) is 19.3. The summed E-state index contributed by atoms with van der Waals surface area (Å²) in [6.07, 6.45) is 9.93. The zero-order valence-electron chi connectivity index (χ0n) is 19.3. The molecule has 1 N–H and O–H groups in total. The van der Waals surface area contributed by atoms with E-state index in [0.717, 1.165) is 54.4 Å². The number of nitriles is 1. The Bertz CT molecular complexity index is 947. The van der Waals surface area contributed by atoms with Crippen LogP contribution in [0.15, 0.2) is 64.5 Å². The van der Waals surface area contributed by atoms with E-state index in [9.17, 15) is 4.79 Å². The maximum absolute atomic E-state index is 15.8. The summed E-state index contributed by atoms with van der Waals surface area (Å²) in [7, 11) is 1.69. The van der Waals surface area contributed by atoms with Gasteiger partial charge in [0.25, 0.3) is 0 Å². The predicted octanol–water partition coefficient (Wildman–Crippen LogP) is 6.17. The molecule has 4 nitrogen and oxygen atoms in total. The number of unbranched alkanes of at least 4 members (excludes halogenated alkanes) is 2. The Kier molecular flexibility index (Phi) is 10.6. The number of carbonyl (C=O) groups is 1. The van der Waals surface area contributed by atoms with Crippen molar-refractivity contribution in [3.8, 4) is 6.07 Å². The number of methoxy groups -OCH3 is 1. The Hall–Kier alpha value is -2.97. The molecule has 1 amide bonds. The van der Waals surface area contributed by atoms with Crippen LogP contribution in [0.1, 0.15) is 63.5 Å². The minimum absolute atomic E-state index is 0.189. The normalized spacial score (nSPS) is 15.1. The fourth-order valence-corrected chi connectivity index (χ4v) is 3.85. The molecule has 1 aliphatic carbocycles. The van der Waals surface area contributed by atoms with Crippen LogP contribution in [0, 0.1) is 11.3 Å². The number of allylic oxidation sites excluding steroid dienone is 7. The smallest absolute Gasteiger partial charge is 0.207 e. The van der Waals surface area contributed by atoms with Gasteiger partial charge in [-0.3, -0.25) is 4.79 Å². The van der Waals surface area contributed by atoms with Crippen molar-refractivity contribution in [2.75, 3.05) is 20.3 Å². The standard InChI is InChI=1S/C27H33FN2O2/c1-20(7-5-4-6-16-30-19-31)27(28)26(25-14-8-22(17-29)9-15-25)21(2)24-12-10-23(11-13-24)18-32-3/h8-10,12,14-15,19H,4-7,11,13,16,18H2,1-3H3,(H,30,31)/b26-21+,27-20-. The highest BCUT2D eigenvalue weighted by Gasteiger charge is 2.18. The summed E-state index contributed by atoms with van der Waals surface area (Å²) in [4.78, 5) is 10.3. The Morgan fingerprint density at radius 3 is 2.50 bits per heavy atom. The number of benzene rings is 1. The van der Waals surface area contributed by atoms with Crippen LogP contribution < -0.4 is 5.32 Å². The fourth-order valence-electron chi connectivity index (χ4n) is 3.85. The van der Waals surface area contributed by atoms with Crippen LogP contribution in [-0.2, 0) is 9.53 Å². The van der Waals surface area contributed by atoms with E-state index in [1.807, 2.05) is 26.0 Å². The quantitative estimate of drug-likeness (QED) is 0.242. The van der Waals surface area contributed by atoms with Gasteiger partial charge in [0.05, 0.1) is 18.2 Å². The zero-order chi connectivity index (χ0) is 23.3. The molecule has 5 heteroatoms. The molecule has 0 fully saturated rings. The number of hydrogen-bond donors (Lipinski definition) is 1. The summed E-state index contributed by atoms with van der Waals surface area (Å²) in [6.45, 7) is 5.09. The summed E-state index contributed by atoms with van der Waals surface area (Å²) in [5, 5.41) is 11.8. The molecular formula is C27H33FN2O2. The first-order valence-electron chi connectivity index (χ1n) is 11.1. The van der Waals surface area contributed by atoms with E-state index in [1.54, 1.807) is 19.2 Å². The molecule has 170 valence electrons. The molecule has 2 rings (SSSR count). The number of halogens is 1. The topological polar surface area (TPSA) is 62.1 Å². The molecule has 0 bridgehead atoms. The predicted molar refractivity (Wildman–Crippen MR) is 127 cm³/mol. The van der Waals surface area contributed by atoms with Crippen LogP contribution in [0.3, 0.4) is 0 Å². The highest BCUT2D eigenvalue weighted by atomic mass is 19.1. The average Bonchev–Trinajstić information content (AvgIpc) is 2.82. The third kappa shape index (κ3) is 7.32. The van der Waals surface area contributed by atoms with Crippen molar-refractivity contribution in [1.82, 2.24) is 5.32 Å². The van der Waals surface area contributed by atoms with Crippen molar-refractivity contribution in [2.24, 2.45) is 0 Å². The van der Waals surface area contributed by atoms with Crippen LogP contribution in [0.25, 0.3) is 5.57 Å². The van der Waals surface area contributed by atoms with E-state index in [0.29, 0.717) is 37.1 Å². The van der Waals surface area contributed by atoms with Crippen LogP contribution in [0.4, 0.5) is 4.39 Å². The van der Waals surface area contributed by atoms with Crippen LogP contribution in [0.2, 0.25) is 0 Å². The lowest BCUT2D eigenvalue weighted by Crippen LogP contribution is -2.11. The molecule has 0 radical (unpaired) electrons. The van der Waals surface area contributed by atoms with Crippen molar-refractivity contribution in [3.05, 3.63) is 75.7 Å². The molecule has 1 aromatic rings. The first-order valence-corrected chi connectivity index (χ1v) is 11.1. The lowest BCUT2D eigenvalue weighted by Gasteiger charge is -2.19. The second kappa shape index (κ2) is 13.4. The molecule has 0 aromatic heterocycles. The second-order valence-corrected chi connectivity index (χ2v) is 8.12. The lowest BCUT2D eigenvalue weighted by molar-refractivity contribution is -0.109. The summed E-state index contributed by atoms with van der Waals surface area (Å²) in [6, 6.07) is 9.24. The van der Waals surface area contributed by atoms with Gasteiger partial charge in [0.2, 0.25) is 6.41 Å². The number of amides is 1. The van der Waals surface area contributed by atoms with Crippen LogP contribution in [-0.4, -0.2) is 26.7 Å².